The Balaban J connectivity index is 1.98. The second-order valence-electron chi connectivity index (χ2n) is 4.87. The summed E-state index contributed by atoms with van der Waals surface area (Å²) in [6, 6.07) is 3.63. The Hall–Kier alpha value is -2.11. The number of hydrogen-bond acceptors (Lipinski definition) is 2. The number of aryl methyl sites for hydroxylation is 1. The lowest BCUT2D eigenvalue weighted by Gasteiger charge is -2.16. The third-order valence-corrected chi connectivity index (χ3v) is 3.28. The molecule has 3 amide bonds. The number of carbonyl (C=O) groups excluding carboxylic acids is 2. The smallest absolute Gasteiger partial charge is 0.319 e. The summed E-state index contributed by atoms with van der Waals surface area (Å²) in [4.78, 5) is 23.5. The van der Waals surface area contributed by atoms with Gasteiger partial charge in [-0.2, -0.15) is 0 Å². The predicted molar refractivity (Wildman–Crippen MR) is 73.9 cm³/mol. The van der Waals surface area contributed by atoms with E-state index in [2.05, 4.69) is 16.0 Å². The van der Waals surface area contributed by atoms with E-state index in [0.29, 0.717) is 18.5 Å². The zero-order valence-corrected chi connectivity index (χ0v) is 11.3. The zero-order valence-electron chi connectivity index (χ0n) is 11.3. The topological polar surface area (TPSA) is 70.2 Å². The maximum Gasteiger partial charge on any atom is 0.319 e. The lowest BCUT2D eigenvalue weighted by atomic mass is 10.1. The maximum atomic E-state index is 13.8. The largest absolute Gasteiger partial charge is 0.354 e. The Morgan fingerprint density at radius 2 is 2.20 bits per heavy atom. The van der Waals surface area contributed by atoms with Crippen molar-refractivity contribution in [3.05, 3.63) is 29.6 Å². The van der Waals surface area contributed by atoms with Crippen LogP contribution in [0.4, 0.5) is 14.9 Å². The number of halogens is 1. The summed E-state index contributed by atoms with van der Waals surface area (Å²) < 4.78 is 13.8. The summed E-state index contributed by atoms with van der Waals surface area (Å²) in [5.41, 5.74) is 0.562. The van der Waals surface area contributed by atoms with Crippen molar-refractivity contribution in [1.82, 2.24) is 10.6 Å². The third kappa shape index (κ3) is 3.46. The van der Waals surface area contributed by atoms with Gasteiger partial charge in [-0.1, -0.05) is 12.1 Å². The summed E-state index contributed by atoms with van der Waals surface area (Å²) in [6.45, 7) is 2.25. The lowest BCUT2D eigenvalue weighted by molar-refractivity contribution is -0.122. The Bertz CT molecular complexity index is 519. The van der Waals surface area contributed by atoms with E-state index in [9.17, 15) is 14.0 Å². The minimum absolute atomic E-state index is 0.108. The predicted octanol–water partition coefficient (Wildman–Crippen LogP) is 1.92. The minimum atomic E-state index is -0.573. The second-order valence-corrected chi connectivity index (χ2v) is 4.87. The molecule has 1 fully saturated rings. The van der Waals surface area contributed by atoms with E-state index in [-0.39, 0.29) is 11.6 Å². The van der Waals surface area contributed by atoms with Gasteiger partial charge >= 0.3 is 6.03 Å². The molecule has 1 saturated heterocycles. The quantitative estimate of drug-likeness (QED) is 0.774. The van der Waals surface area contributed by atoms with Gasteiger partial charge in [0.05, 0.1) is 5.69 Å². The van der Waals surface area contributed by atoms with Crippen LogP contribution in [-0.4, -0.2) is 24.5 Å². The van der Waals surface area contributed by atoms with Crippen LogP contribution in [0.3, 0.4) is 0 Å². The molecule has 2 rings (SSSR count). The Morgan fingerprint density at radius 3 is 3.00 bits per heavy atom. The fourth-order valence-electron chi connectivity index (χ4n) is 2.14. The molecule has 1 heterocycles. The van der Waals surface area contributed by atoms with Crippen LogP contribution in [0.15, 0.2) is 18.2 Å². The molecule has 1 unspecified atom stereocenters. The molecule has 1 aromatic rings. The minimum Gasteiger partial charge on any atom is -0.354 e. The average molecular weight is 279 g/mol. The van der Waals surface area contributed by atoms with Crippen molar-refractivity contribution >= 4 is 17.6 Å². The molecule has 108 valence electrons. The van der Waals surface area contributed by atoms with Crippen LogP contribution >= 0.6 is 0 Å². The Kier molecular flexibility index (Phi) is 4.55. The second kappa shape index (κ2) is 6.36. The van der Waals surface area contributed by atoms with Crippen molar-refractivity contribution < 1.29 is 14.0 Å². The van der Waals surface area contributed by atoms with E-state index in [1.807, 2.05) is 0 Å². The number of carbonyl (C=O) groups is 2. The molecule has 0 aromatic heterocycles. The highest BCUT2D eigenvalue weighted by Crippen LogP contribution is 2.17. The molecule has 1 aliphatic heterocycles. The van der Waals surface area contributed by atoms with Gasteiger partial charge in [-0.25, -0.2) is 9.18 Å². The van der Waals surface area contributed by atoms with Crippen LogP contribution in [0, 0.1) is 12.7 Å². The van der Waals surface area contributed by atoms with Gasteiger partial charge in [0.25, 0.3) is 0 Å². The molecule has 1 aliphatic rings. The molecule has 0 radical (unpaired) electrons. The van der Waals surface area contributed by atoms with E-state index in [0.717, 1.165) is 12.8 Å². The molecular formula is C14H18FN3O2. The summed E-state index contributed by atoms with van der Waals surface area (Å²) in [5.74, 6) is -0.657. The van der Waals surface area contributed by atoms with Crippen molar-refractivity contribution in [2.24, 2.45) is 0 Å². The van der Waals surface area contributed by atoms with Gasteiger partial charge in [-0.15, -0.1) is 0 Å². The van der Waals surface area contributed by atoms with Gasteiger partial charge in [0, 0.05) is 6.54 Å². The van der Waals surface area contributed by atoms with E-state index in [1.54, 1.807) is 19.1 Å². The van der Waals surface area contributed by atoms with Crippen LogP contribution in [0.1, 0.15) is 24.8 Å². The Morgan fingerprint density at radius 1 is 1.40 bits per heavy atom. The number of anilines is 1. The fourth-order valence-corrected chi connectivity index (χ4v) is 2.14. The number of nitrogens with one attached hydrogen (secondary N) is 3. The van der Waals surface area contributed by atoms with Crippen LogP contribution in [0.2, 0.25) is 0 Å². The summed E-state index contributed by atoms with van der Waals surface area (Å²) in [6.07, 6.45) is 2.36. The molecule has 1 atom stereocenters. The molecule has 20 heavy (non-hydrogen) atoms. The highest BCUT2D eigenvalue weighted by atomic mass is 19.1. The van der Waals surface area contributed by atoms with Crippen molar-refractivity contribution in [3.8, 4) is 0 Å². The van der Waals surface area contributed by atoms with Crippen molar-refractivity contribution in [2.75, 3.05) is 11.9 Å². The first-order valence-corrected chi connectivity index (χ1v) is 6.68. The first-order valence-electron chi connectivity index (χ1n) is 6.68. The number of amides is 3. The van der Waals surface area contributed by atoms with Gasteiger partial charge in [0.2, 0.25) is 5.91 Å². The molecule has 3 N–H and O–H groups in total. The molecule has 1 aromatic carbocycles. The fraction of sp³-hybridized carbons (Fsp3) is 0.429. The van der Waals surface area contributed by atoms with Crippen LogP contribution in [0.5, 0.6) is 0 Å². The van der Waals surface area contributed by atoms with Crippen LogP contribution in [0.25, 0.3) is 0 Å². The monoisotopic (exact) mass is 279 g/mol. The van der Waals surface area contributed by atoms with E-state index in [4.69, 9.17) is 0 Å². The van der Waals surface area contributed by atoms with E-state index >= 15 is 0 Å². The van der Waals surface area contributed by atoms with E-state index in [1.165, 1.54) is 6.07 Å². The SMILES string of the molecule is Cc1cccc(NC(=O)NC2CCCCNC2=O)c1F. The number of benzene rings is 1. The van der Waals surface area contributed by atoms with Crippen molar-refractivity contribution in [1.29, 1.82) is 0 Å². The number of hydrogen-bond donors (Lipinski definition) is 3. The lowest BCUT2D eigenvalue weighted by Crippen LogP contribution is -2.47. The van der Waals surface area contributed by atoms with Crippen molar-refractivity contribution in [2.45, 2.75) is 32.2 Å². The van der Waals surface area contributed by atoms with Gasteiger partial charge < -0.3 is 16.0 Å². The van der Waals surface area contributed by atoms with Gasteiger partial charge in [-0.05, 0) is 37.8 Å². The standard InChI is InChI=1S/C14H18FN3O2/c1-9-5-4-7-10(12(9)15)17-14(20)18-11-6-2-3-8-16-13(11)19/h4-5,7,11H,2-3,6,8H2,1H3,(H,16,19)(H2,17,18,20). The Labute approximate surface area is 116 Å². The zero-order chi connectivity index (χ0) is 14.5. The first kappa shape index (κ1) is 14.3. The van der Waals surface area contributed by atoms with Crippen molar-refractivity contribution in [3.63, 3.8) is 0 Å². The highest BCUT2D eigenvalue weighted by Gasteiger charge is 2.22. The highest BCUT2D eigenvalue weighted by molar-refractivity contribution is 5.93. The van der Waals surface area contributed by atoms with Crippen LogP contribution < -0.4 is 16.0 Å². The normalized spacial score (nSPS) is 18.9. The average Bonchev–Trinajstić information content (AvgIpc) is 2.61. The molecule has 5 nitrogen and oxygen atoms in total. The first-order chi connectivity index (χ1) is 9.58. The number of urea groups is 1. The molecule has 0 bridgehead atoms. The van der Waals surface area contributed by atoms with Crippen LogP contribution in [-0.2, 0) is 4.79 Å². The number of rotatable bonds is 2. The van der Waals surface area contributed by atoms with Gasteiger partial charge in [0.1, 0.15) is 11.9 Å². The molecule has 0 saturated carbocycles. The molecule has 6 heteroatoms. The van der Waals surface area contributed by atoms with Gasteiger partial charge in [0.15, 0.2) is 0 Å². The summed E-state index contributed by atoms with van der Waals surface area (Å²) in [7, 11) is 0. The molecular weight excluding hydrogens is 261 g/mol. The van der Waals surface area contributed by atoms with E-state index < -0.39 is 17.9 Å². The molecule has 0 aliphatic carbocycles. The maximum absolute atomic E-state index is 13.8. The third-order valence-electron chi connectivity index (χ3n) is 3.28. The summed E-state index contributed by atoms with van der Waals surface area (Å²) >= 11 is 0. The van der Waals surface area contributed by atoms with Gasteiger partial charge in [-0.3, -0.25) is 4.79 Å². The molecule has 0 spiro atoms. The summed E-state index contributed by atoms with van der Waals surface area (Å²) in [5, 5.41) is 7.74.